The Morgan fingerprint density at radius 3 is 2.71 bits per heavy atom. The summed E-state index contributed by atoms with van der Waals surface area (Å²) in [6, 6.07) is 7.68. The zero-order chi connectivity index (χ0) is 15.6. The molecule has 5 heteroatoms. The van der Waals surface area contributed by atoms with Gasteiger partial charge in [-0.3, -0.25) is 4.79 Å². The molecule has 0 bridgehead atoms. The third-order valence-corrected chi connectivity index (χ3v) is 4.16. The number of nitrogens with zero attached hydrogens (tertiary/aromatic N) is 1. The molecule has 0 spiro atoms. The van der Waals surface area contributed by atoms with E-state index in [0.29, 0.717) is 13.0 Å². The molecular formula is C16H22N2O3. The first-order chi connectivity index (χ1) is 9.82. The third kappa shape index (κ3) is 3.35. The number of carboxylic acids is 1. The third-order valence-electron chi connectivity index (χ3n) is 4.16. The van der Waals surface area contributed by atoms with Crippen LogP contribution in [0.4, 0.5) is 4.79 Å². The molecule has 1 saturated heterocycles. The second kappa shape index (κ2) is 5.76. The number of aryl methyl sites for hydroxylation is 1. The van der Waals surface area contributed by atoms with Gasteiger partial charge >= 0.3 is 12.0 Å². The maximum Gasteiger partial charge on any atom is 0.317 e. The Labute approximate surface area is 125 Å². The number of carbonyl (C=O) groups is 2. The molecule has 2 amide bonds. The fraction of sp³-hybridized carbons (Fsp3) is 0.500. The van der Waals surface area contributed by atoms with Crippen LogP contribution in [0.3, 0.4) is 0 Å². The molecule has 1 aliphatic heterocycles. The van der Waals surface area contributed by atoms with Gasteiger partial charge in [-0.25, -0.2) is 4.79 Å². The molecule has 1 aromatic rings. The fourth-order valence-electron chi connectivity index (χ4n) is 2.61. The number of rotatable bonds is 3. The van der Waals surface area contributed by atoms with Gasteiger partial charge in [0.2, 0.25) is 0 Å². The normalized spacial score (nSPS) is 22.9. The van der Waals surface area contributed by atoms with Gasteiger partial charge in [0.1, 0.15) is 0 Å². The van der Waals surface area contributed by atoms with E-state index >= 15 is 0 Å². The minimum atomic E-state index is -0.843. The molecule has 5 nitrogen and oxygen atoms in total. The van der Waals surface area contributed by atoms with Crippen LogP contribution < -0.4 is 5.32 Å². The summed E-state index contributed by atoms with van der Waals surface area (Å²) in [7, 11) is 0. The molecule has 2 unspecified atom stereocenters. The van der Waals surface area contributed by atoms with E-state index in [1.54, 1.807) is 11.8 Å². The van der Waals surface area contributed by atoms with Crippen LogP contribution in [0.5, 0.6) is 0 Å². The molecule has 0 radical (unpaired) electrons. The number of benzene rings is 1. The van der Waals surface area contributed by atoms with Gasteiger partial charge in [0.05, 0.1) is 11.5 Å². The summed E-state index contributed by atoms with van der Waals surface area (Å²) < 4.78 is 0. The minimum absolute atomic E-state index is 0.103. The molecule has 2 N–H and O–H groups in total. The lowest BCUT2D eigenvalue weighted by Crippen LogP contribution is -2.41. The number of nitrogens with one attached hydrogen (secondary N) is 1. The summed E-state index contributed by atoms with van der Waals surface area (Å²) in [6.45, 7) is 6.37. The maximum atomic E-state index is 12.2. The van der Waals surface area contributed by atoms with E-state index < -0.39 is 11.4 Å². The Morgan fingerprint density at radius 1 is 1.43 bits per heavy atom. The minimum Gasteiger partial charge on any atom is -0.481 e. The van der Waals surface area contributed by atoms with Crippen molar-refractivity contribution >= 4 is 12.0 Å². The second-order valence-electron chi connectivity index (χ2n) is 6.12. The van der Waals surface area contributed by atoms with Crippen LogP contribution in [0.1, 0.15) is 37.4 Å². The van der Waals surface area contributed by atoms with E-state index in [0.717, 1.165) is 11.1 Å². The lowest BCUT2D eigenvalue weighted by Gasteiger charge is -2.23. The van der Waals surface area contributed by atoms with Crippen molar-refractivity contribution < 1.29 is 14.7 Å². The largest absolute Gasteiger partial charge is 0.481 e. The Morgan fingerprint density at radius 2 is 2.14 bits per heavy atom. The molecular weight excluding hydrogens is 268 g/mol. The predicted octanol–water partition coefficient (Wildman–Crippen LogP) is 2.56. The highest BCUT2D eigenvalue weighted by molar-refractivity contribution is 5.79. The molecule has 1 aromatic carbocycles. The smallest absolute Gasteiger partial charge is 0.317 e. The highest BCUT2D eigenvalue weighted by atomic mass is 16.4. The quantitative estimate of drug-likeness (QED) is 0.899. The fourth-order valence-corrected chi connectivity index (χ4v) is 2.61. The van der Waals surface area contributed by atoms with Crippen molar-refractivity contribution in [1.82, 2.24) is 10.2 Å². The molecule has 0 aromatic heterocycles. The van der Waals surface area contributed by atoms with Crippen molar-refractivity contribution in [2.75, 3.05) is 13.1 Å². The van der Waals surface area contributed by atoms with E-state index in [-0.39, 0.29) is 18.6 Å². The number of urea groups is 1. The van der Waals surface area contributed by atoms with E-state index in [2.05, 4.69) is 5.32 Å². The van der Waals surface area contributed by atoms with Crippen LogP contribution in [0.2, 0.25) is 0 Å². The van der Waals surface area contributed by atoms with Crippen molar-refractivity contribution in [3.63, 3.8) is 0 Å². The van der Waals surface area contributed by atoms with Gasteiger partial charge in [-0.15, -0.1) is 0 Å². The predicted molar refractivity (Wildman–Crippen MR) is 80.1 cm³/mol. The van der Waals surface area contributed by atoms with Gasteiger partial charge in [-0.2, -0.15) is 0 Å². The van der Waals surface area contributed by atoms with Crippen LogP contribution in [0.15, 0.2) is 24.3 Å². The van der Waals surface area contributed by atoms with Gasteiger partial charge in [-0.05, 0) is 32.8 Å². The van der Waals surface area contributed by atoms with Crippen LogP contribution in [-0.2, 0) is 4.79 Å². The molecule has 1 heterocycles. The first kappa shape index (κ1) is 15.4. The van der Waals surface area contributed by atoms with Crippen LogP contribution in [0, 0.1) is 12.3 Å². The summed E-state index contributed by atoms with van der Waals surface area (Å²) in [5.41, 5.74) is 1.36. The van der Waals surface area contributed by atoms with Crippen molar-refractivity contribution in [1.29, 1.82) is 0 Å². The van der Waals surface area contributed by atoms with Gasteiger partial charge in [0.25, 0.3) is 0 Å². The molecule has 0 saturated carbocycles. The van der Waals surface area contributed by atoms with Gasteiger partial charge < -0.3 is 15.3 Å². The Hall–Kier alpha value is -2.04. The summed E-state index contributed by atoms with van der Waals surface area (Å²) in [4.78, 5) is 25.0. The van der Waals surface area contributed by atoms with Crippen molar-refractivity contribution in [3.8, 4) is 0 Å². The average molecular weight is 290 g/mol. The number of hydrogen-bond donors (Lipinski definition) is 2. The van der Waals surface area contributed by atoms with Crippen molar-refractivity contribution in [2.45, 2.75) is 33.2 Å². The van der Waals surface area contributed by atoms with E-state index in [1.807, 2.05) is 38.1 Å². The van der Waals surface area contributed by atoms with Crippen LogP contribution >= 0.6 is 0 Å². The van der Waals surface area contributed by atoms with Crippen LogP contribution in [0.25, 0.3) is 0 Å². The van der Waals surface area contributed by atoms with Crippen molar-refractivity contribution in [3.05, 3.63) is 35.4 Å². The number of likely N-dealkylation sites (tertiary alicyclic amines) is 1. The van der Waals surface area contributed by atoms with Gasteiger partial charge in [0, 0.05) is 13.1 Å². The SMILES string of the molecule is Cc1cccc(C(C)NC(=O)N2CCC(C)(C(=O)O)C2)c1. The first-order valence-electron chi connectivity index (χ1n) is 7.17. The number of carbonyl (C=O) groups excluding carboxylic acids is 1. The average Bonchev–Trinajstić information content (AvgIpc) is 2.83. The zero-order valence-corrected chi connectivity index (χ0v) is 12.7. The first-order valence-corrected chi connectivity index (χ1v) is 7.17. The molecule has 2 atom stereocenters. The lowest BCUT2D eigenvalue weighted by molar-refractivity contribution is -0.146. The molecule has 21 heavy (non-hydrogen) atoms. The summed E-state index contributed by atoms with van der Waals surface area (Å²) in [5, 5.41) is 12.1. The van der Waals surface area contributed by atoms with E-state index in [4.69, 9.17) is 0 Å². The van der Waals surface area contributed by atoms with E-state index in [9.17, 15) is 14.7 Å². The summed E-state index contributed by atoms with van der Waals surface area (Å²) in [5.74, 6) is -0.843. The summed E-state index contributed by atoms with van der Waals surface area (Å²) >= 11 is 0. The number of hydrogen-bond acceptors (Lipinski definition) is 2. The summed E-state index contributed by atoms with van der Waals surface area (Å²) in [6.07, 6.45) is 0.495. The second-order valence-corrected chi connectivity index (χ2v) is 6.12. The molecule has 2 rings (SSSR count). The highest BCUT2D eigenvalue weighted by Crippen LogP contribution is 2.30. The number of carboxylic acid groups (broad SMARTS) is 1. The zero-order valence-electron chi connectivity index (χ0n) is 12.7. The lowest BCUT2D eigenvalue weighted by atomic mass is 9.90. The van der Waals surface area contributed by atoms with Gasteiger partial charge in [-0.1, -0.05) is 29.8 Å². The molecule has 114 valence electrons. The monoisotopic (exact) mass is 290 g/mol. The molecule has 1 fully saturated rings. The number of amides is 2. The number of aliphatic carboxylic acids is 1. The Bertz CT molecular complexity index is 558. The van der Waals surface area contributed by atoms with Gasteiger partial charge in [0.15, 0.2) is 0 Å². The maximum absolute atomic E-state index is 12.2. The Balaban J connectivity index is 1.98. The highest BCUT2D eigenvalue weighted by Gasteiger charge is 2.42. The van der Waals surface area contributed by atoms with Crippen LogP contribution in [-0.4, -0.2) is 35.1 Å². The Kier molecular flexibility index (Phi) is 4.21. The molecule has 1 aliphatic rings. The topological polar surface area (TPSA) is 69.6 Å². The molecule has 0 aliphatic carbocycles. The van der Waals surface area contributed by atoms with E-state index in [1.165, 1.54) is 0 Å². The van der Waals surface area contributed by atoms with Crippen molar-refractivity contribution in [2.24, 2.45) is 5.41 Å². The standard InChI is InChI=1S/C16H22N2O3/c1-11-5-4-6-13(9-11)12(2)17-15(21)18-8-7-16(3,10-18)14(19)20/h4-6,9,12H,7-8,10H2,1-3H3,(H,17,21)(H,19,20).